The highest BCUT2D eigenvalue weighted by atomic mass is 32.2. The first-order chi connectivity index (χ1) is 9.70. The Labute approximate surface area is 123 Å². The Morgan fingerprint density at radius 1 is 1.45 bits per heavy atom. The standard InChI is InChI=1S/C14H12N2O2S2/c1-19-14(18)11-7-20-13(16-11)12(17)9-6-15-10-5-3-2-4-8(9)10/h2-7,14-15,18H,1H3. The molecule has 0 aliphatic rings. The van der Waals surface area contributed by atoms with E-state index in [1.165, 1.54) is 23.1 Å². The molecule has 2 aromatic heterocycles. The van der Waals surface area contributed by atoms with E-state index in [1.54, 1.807) is 17.8 Å². The van der Waals surface area contributed by atoms with Crippen molar-refractivity contribution >= 4 is 39.8 Å². The van der Waals surface area contributed by atoms with Crippen molar-refractivity contribution in [3.8, 4) is 0 Å². The summed E-state index contributed by atoms with van der Waals surface area (Å²) in [4.78, 5) is 19.8. The van der Waals surface area contributed by atoms with Gasteiger partial charge in [0.15, 0.2) is 5.01 Å². The number of aromatic nitrogens is 2. The molecule has 0 aliphatic heterocycles. The molecule has 3 rings (SSSR count). The third kappa shape index (κ3) is 2.26. The Kier molecular flexibility index (Phi) is 3.60. The summed E-state index contributed by atoms with van der Waals surface area (Å²) in [5.41, 5.74) is 1.39. The van der Waals surface area contributed by atoms with Crippen LogP contribution in [0.25, 0.3) is 10.9 Å². The second-order valence-corrected chi connectivity index (χ2v) is 6.02. The molecular weight excluding hydrogens is 292 g/mol. The second-order valence-electron chi connectivity index (χ2n) is 4.24. The van der Waals surface area contributed by atoms with Crippen LogP contribution < -0.4 is 0 Å². The van der Waals surface area contributed by atoms with Gasteiger partial charge in [-0.3, -0.25) is 4.79 Å². The predicted molar refractivity (Wildman–Crippen MR) is 82.3 cm³/mol. The predicted octanol–water partition coefficient (Wildman–Crippen LogP) is 3.21. The van der Waals surface area contributed by atoms with Gasteiger partial charge in [0.2, 0.25) is 5.78 Å². The van der Waals surface area contributed by atoms with E-state index in [1.807, 2.05) is 24.3 Å². The number of thiazole rings is 1. The normalized spacial score (nSPS) is 12.7. The molecule has 3 aromatic rings. The molecule has 0 bridgehead atoms. The average molecular weight is 304 g/mol. The summed E-state index contributed by atoms with van der Waals surface area (Å²) in [6.07, 6.45) is 3.50. The van der Waals surface area contributed by atoms with E-state index in [2.05, 4.69) is 9.97 Å². The lowest BCUT2D eigenvalue weighted by molar-refractivity contribution is 0.103. The van der Waals surface area contributed by atoms with Crippen molar-refractivity contribution in [1.82, 2.24) is 9.97 Å². The summed E-state index contributed by atoms with van der Waals surface area (Å²) in [5, 5.41) is 12.7. The monoisotopic (exact) mass is 304 g/mol. The zero-order valence-corrected chi connectivity index (χ0v) is 12.3. The van der Waals surface area contributed by atoms with Gasteiger partial charge in [0.05, 0.1) is 11.3 Å². The van der Waals surface area contributed by atoms with Gasteiger partial charge in [0, 0.05) is 22.5 Å². The van der Waals surface area contributed by atoms with Crippen LogP contribution in [-0.4, -0.2) is 27.1 Å². The van der Waals surface area contributed by atoms with Crippen LogP contribution in [0.15, 0.2) is 35.8 Å². The van der Waals surface area contributed by atoms with Gasteiger partial charge in [-0.05, 0) is 12.3 Å². The molecule has 0 saturated heterocycles. The van der Waals surface area contributed by atoms with Gasteiger partial charge in [0.25, 0.3) is 0 Å². The Bertz CT molecular complexity index is 763. The average Bonchev–Trinajstić information content (AvgIpc) is 3.12. The number of H-pyrrole nitrogens is 1. The molecule has 0 aliphatic carbocycles. The number of ketones is 1. The molecule has 0 amide bonds. The van der Waals surface area contributed by atoms with E-state index in [-0.39, 0.29) is 5.78 Å². The van der Waals surface area contributed by atoms with Crippen LogP contribution in [-0.2, 0) is 0 Å². The van der Waals surface area contributed by atoms with Crippen LogP contribution in [0, 0.1) is 0 Å². The van der Waals surface area contributed by atoms with Crippen LogP contribution in [0.1, 0.15) is 26.5 Å². The second kappa shape index (κ2) is 5.40. The number of aliphatic hydroxyl groups is 1. The Hall–Kier alpha value is -1.63. The minimum Gasteiger partial charge on any atom is -0.376 e. The number of aliphatic hydroxyl groups excluding tert-OH is 1. The molecule has 0 fully saturated rings. The third-order valence-corrected chi connectivity index (χ3v) is 4.57. The fourth-order valence-electron chi connectivity index (χ4n) is 2.00. The number of nitrogens with one attached hydrogen (secondary N) is 1. The van der Waals surface area contributed by atoms with Crippen molar-refractivity contribution in [2.24, 2.45) is 0 Å². The number of para-hydroxylation sites is 1. The zero-order valence-electron chi connectivity index (χ0n) is 10.7. The Morgan fingerprint density at radius 2 is 2.25 bits per heavy atom. The number of benzene rings is 1. The van der Waals surface area contributed by atoms with E-state index in [4.69, 9.17) is 0 Å². The molecule has 2 N–H and O–H groups in total. The minimum atomic E-state index is -0.684. The van der Waals surface area contributed by atoms with Crippen LogP contribution in [0.2, 0.25) is 0 Å². The van der Waals surface area contributed by atoms with Gasteiger partial charge in [-0.2, -0.15) is 0 Å². The maximum Gasteiger partial charge on any atom is 0.223 e. The van der Waals surface area contributed by atoms with Crippen LogP contribution in [0.3, 0.4) is 0 Å². The topological polar surface area (TPSA) is 66.0 Å². The molecule has 2 heterocycles. The van der Waals surface area contributed by atoms with Gasteiger partial charge in [-0.1, -0.05) is 18.2 Å². The first-order valence-electron chi connectivity index (χ1n) is 5.98. The highest BCUT2D eigenvalue weighted by molar-refractivity contribution is 7.98. The maximum absolute atomic E-state index is 12.5. The summed E-state index contributed by atoms with van der Waals surface area (Å²) in [6, 6.07) is 7.66. The number of carbonyl (C=O) groups is 1. The van der Waals surface area contributed by atoms with Crippen LogP contribution in [0.4, 0.5) is 0 Å². The molecule has 4 nitrogen and oxygen atoms in total. The van der Waals surface area contributed by atoms with Gasteiger partial charge in [-0.25, -0.2) is 4.98 Å². The zero-order chi connectivity index (χ0) is 14.1. The molecular formula is C14H12N2O2S2. The number of rotatable bonds is 4. The molecule has 0 saturated carbocycles. The van der Waals surface area contributed by atoms with Crippen LogP contribution in [0.5, 0.6) is 0 Å². The summed E-state index contributed by atoms with van der Waals surface area (Å²) in [6.45, 7) is 0. The number of nitrogens with zero attached hydrogens (tertiary/aromatic N) is 1. The molecule has 102 valence electrons. The highest BCUT2D eigenvalue weighted by Crippen LogP contribution is 2.27. The minimum absolute atomic E-state index is 0.119. The van der Waals surface area contributed by atoms with E-state index in [0.717, 1.165) is 10.9 Å². The van der Waals surface area contributed by atoms with Crippen LogP contribution >= 0.6 is 23.1 Å². The molecule has 1 atom stereocenters. The number of fused-ring (bicyclic) bond motifs is 1. The quantitative estimate of drug-likeness (QED) is 0.574. The summed E-state index contributed by atoms with van der Waals surface area (Å²) in [5.74, 6) is -0.119. The SMILES string of the molecule is CSC(O)c1csc(C(=O)c2c[nH]c3ccccc23)n1. The summed E-state index contributed by atoms with van der Waals surface area (Å²) >= 11 is 2.55. The highest BCUT2D eigenvalue weighted by Gasteiger charge is 2.19. The van der Waals surface area contributed by atoms with Crippen molar-refractivity contribution in [3.05, 3.63) is 52.1 Å². The number of hydrogen-bond donors (Lipinski definition) is 2. The fraction of sp³-hybridized carbons (Fsp3) is 0.143. The maximum atomic E-state index is 12.5. The first kappa shape index (κ1) is 13.4. The van der Waals surface area contributed by atoms with Gasteiger partial charge in [-0.15, -0.1) is 23.1 Å². The molecule has 1 unspecified atom stereocenters. The number of carbonyl (C=O) groups excluding carboxylic acids is 1. The van der Waals surface area contributed by atoms with Crippen molar-refractivity contribution in [3.63, 3.8) is 0 Å². The Balaban J connectivity index is 1.98. The molecule has 0 spiro atoms. The van der Waals surface area contributed by atoms with E-state index < -0.39 is 5.44 Å². The van der Waals surface area contributed by atoms with Gasteiger partial charge in [0.1, 0.15) is 5.44 Å². The number of hydrogen-bond acceptors (Lipinski definition) is 5. The first-order valence-corrected chi connectivity index (χ1v) is 8.14. The van der Waals surface area contributed by atoms with Crippen molar-refractivity contribution in [1.29, 1.82) is 0 Å². The summed E-state index contributed by atoms with van der Waals surface area (Å²) in [7, 11) is 0. The third-order valence-electron chi connectivity index (χ3n) is 3.03. The lowest BCUT2D eigenvalue weighted by Crippen LogP contribution is -2.01. The lowest BCUT2D eigenvalue weighted by atomic mass is 10.1. The van der Waals surface area contributed by atoms with Crippen molar-refractivity contribution in [2.75, 3.05) is 6.26 Å². The molecule has 1 aromatic carbocycles. The van der Waals surface area contributed by atoms with E-state index in [0.29, 0.717) is 16.3 Å². The largest absolute Gasteiger partial charge is 0.376 e. The molecule has 0 radical (unpaired) electrons. The molecule has 20 heavy (non-hydrogen) atoms. The smallest absolute Gasteiger partial charge is 0.223 e. The number of aromatic amines is 1. The summed E-state index contributed by atoms with van der Waals surface area (Å²) < 4.78 is 0. The fourth-order valence-corrected chi connectivity index (χ4v) is 3.24. The van der Waals surface area contributed by atoms with Crippen molar-refractivity contribution < 1.29 is 9.90 Å². The van der Waals surface area contributed by atoms with Gasteiger partial charge < -0.3 is 10.1 Å². The van der Waals surface area contributed by atoms with E-state index in [9.17, 15) is 9.90 Å². The van der Waals surface area contributed by atoms with Crippen molar-refractivity contribution in [2.45, 2.75) is 5.44 Å². The van der Waals surface area contributed by atoms with E-state index >= 15 is 0 Å². The van der Waals surface area contributed by atoms with Gasteiger partial charge >= 0.3 is 0 Å². The number of thioether (sulfide) groups is 1. The molecule has 6 heteroatoms. The Morgan fingerprint density at radius 3 is 3.05 bits per heavy atom. The lowest BCUT2D eigenvalue weighted by Gasteiger charge is -2.01.